The van der Waals surface area contributed by atoms with E-state index in [1.807, 2.05) is 68.4 Å². The Bertz CT molecular complexity index is 1100. The number of carbonyl (C=O) groups excluding carboxylic acids is 2. The third-order valence-corrected chi connectivity index (χ3v) is 5.71. The molecule has 2 amide bonds. The molecule has 3 rings (SSSR count). The second-order valence-corrected chi connectivity index (χ2v) is 9.02. The van der Waals surface area contributed by atoms with Crippen LogP contribution >= 0.6 is 0 Å². The Morgan fingerprint density at radius 3 is 2.26 bits per heavy atom. The third-order valence-electron chi connectivity index (χ3n) is 5.71. The maximum Gasteiger partial charge on any atom is 0.243 e. The maximum absolute atomic E-state index is 13.7. The second kappa shape index (κ2) is 12.7. The number of methoxy groups -OCH3 is 1. The van der Waals surface area contributed by atoms with Gasteiger partial charge in [-0.05, 0) is 46.9 Å². The second-order valence-electron chi connectivity index (χ2n) is 9.02. The van der Waals surface area contributed by atoms with Crippen LogP contribution in [0.15, 0.2) is 78.9 Å². The van der Waals surface area contributed by atoms with E-state index in [4.69, 9.17) is 4.74 Å². The number of hydrogen-bond donors (Lipinski definition) is 1. The lowest BCUT2D eigenvalue weighted by molar-refractivity contribution is -0.140. The highest BCUT2D eigenvalue weighted by molar-refractivity contribution is 5.88. The van der Waals surface area contributed by atoms with Crippen molar-refractivity contribution in [3.63, 3.8) is 0 Å². The Morgan fingerprint density at radius 2 is 1.60 bits per heavy atom. The summed E-state index contributed by atoms with van der Waals surface area (Å²) >= 11 is 0. The Kier molecular flexibility index (Phi) is 9.41. The molecule has 0 aliphatic rings. The molecule has 35 heavy (non-hydrogen) atoms. The number of ether oxygens (including phenoxy) is 1. The molecule has 0 heterocycles. The number of halogens is 1. The van der Waals surface area contributed by atoms with Gasteiger partial charge in [0.25, 0.3) is 0 Å². The Balaban J connectivity index is 1.96. The summed E-state index contributed by atoms with van der Waals surface area (Å²) in [5.74, 6) is 0.192. The van der Waals surface area contributed by atoms with Crippen molar-refractivity contribution in [2.24, 2.45) is 5.92 Å². The van der Waals surface area contributed by atoms with Crippen molar-refractivity contribution in [2.75, 3.05) is 13.7 Å². The van der Waals surface area contributed by atoms with Gasteiger partial charge in [0.05, 0.1) is 13.5 Å². The molecule has 3 aromatic carbocycles. The van der Waals surface area contributed by atoms with Gasteiger partial charge in [0.1, 0.15) is 17.6 Å². The number of hydrogen-bond acceptors (Lipinski definition) is 3. The summed E-state index contributed by atoms with van der Waals surface area (Å²) in [7, 11) is 1.59. The summed E-state index contributed by atoms with van der Waals surface area (Å²) < 4.78 is 18.8. The number of rotatable bonds is 11. The van der Waals surface area contributed by atoms with Gasteiger partial charge in [0, 0.05) is 19.5 Å². The molecule has 5 nitrogen and oxygen atoms in total. The van der Waals surface area contributed by atoms with Crippen molar-refractivity contribution in [3.05, 3.63) is 101 Å². The van der Waals surface area contributed by atoms with Crippen LogP contribution in [-0.2, 0) is 29.0 Å². The first kappa shape index (κ1) is 25.9. The average Bonchev–Trinajstić information content (AvgIpc) is 2.86. The van der Waals surface area contributed by atoms with Crippen LogP contribution in [0.5, 0.6) is 5.75 Å². The third kappa shape index (κ3) is 7.95. The molecule has 0 bridgehead atoms. The van der Waals surface area contributed by atoms with Crippen molar-refractivity contribution >= 4 is 11.8 Å². The van der Waals surface area contributed by atoms with E-state index in [1.54, 1.807) is 24.1 Å². The predicted molar refractivity (Wildman–Crippen MR) is 135 cm³/mol. The zero-order valence-electron chi connectivity index (χ0n) is 20.5. The van der Waals surface area contributed by atoms with Gasteiger partial charge in [-0.3, -0.25) is 9.59 Å². The first-order chi connectivity index (χ1) is 16.9. The molecular weight excluding hydrogens is 443 g/mol. The number of carbonyl (C=O) groups is 2. The van der Waals surface area contributed by atoms with E-state index >= 15 is 0 Å². The van der Waals surface area contributed by atoms with Gasteiger partial charge in [0.15, 0.2) is 0 Å². The lowest BCUT2D eigenvalue weighted by atomic mass is 10.0. The van der Waals surface area contributed by atoms with Crippen molar-refractivity contribution in [1.82, 2.24) is 10.2 Å². The van der Waals surface area contributed by atoms with Crippen LogP contribution in [0.4, 0.5) is 4.39 Å². The molecular formula is C29H33FN2O3. The van der Waals surface area contributed by atoms with E-state index in [2.05, 4.69) is 5.32 Å². The first-order valence-electron chi connectivity index (χ1n) is 11.8. The van der Waals surface area contributed by atoms with E-state index < -0.39 is 6.04 Å². The summed E-state index contributed by atoms with van der Waals surface area (Å²) in [6.07, 6.45) is 0.441. The highest BCUT2D eigenvalue weighted by Crippen LogP contribution is 2.19. The summed E-state index contributed by atoms with van der Waals surface area (Å²) in [4.78, 5) is 28.7. The SMILES string of the molecule is COc1cccc(CN(C(=O)Cc2ccc(F)cc2)[C@@H](Cc2ccccc2)C(=O)NCC(C)C)c1. The van der Waals surface area contributed by atoms with Gasteiger partial charge < -0.3 is 15.0 Å². The Labute approximate surface area is 206 Å². The van der Waals surface area contributed by atoms with Gasteiger partial charge in [-0.15, -0.1) is 0 Å². The highest BCUT2D eigenvalue weighted by Gasteiger charge is 2.30. The maximum atomic E-state index is 13.7. The molecule has 0 aliphatic carbocycles. The minimum atomic E-state index is -0.713. The molecule has 0 saturated heterocycles. The predicted octanol–water partition coefficient (Wildman–Crippen LogP) is 4.79. The molecule has 0 unspecified atom stereocenters. The normalized spacial score (nSPS) is 11.7. The van der Waals surface area contributed by atoms with Crippen LogP contribution in [0.3, 0.4) is 0 Å². The van der Waals surface area contributed by atoms with E-state index in [0.717, 1.165) is 11.1 Å². The van der Waals surface area contributed by atoms with Crippen LogP contribution in [0.2, 0.25) is 0 Å². The van der Waals surface area contributed by atoms with E-state index in [0.29, 0.717) is 24.3 Å². The summed E-state index contributed by atoms with van der Waals surface area (Å²) in [6, 6.07) is 22.3. The van der Waals surface area contributed by atoms with Gasteiger partial charge in [-0.25, -0.2) is 4.39 Å². The van der Waals surface area contributed by atoms with Crippen LogP contribution in [-0.4, -0.2) is 36.4 Å². The minimum absolute atomic E-state index is 0.0625. The number of nitrogens with zero attached hydrogens (tertiary/aromatic N) is 1. The van der Waals surface area contributed by atoms with Crippen molar-refractivity contribution in [2.45, 2.75) is 39.3 Å². The van der Waals surface area contributed by atoms with Gasteiger partial charge in [0.2, 0.25) is 11.8 Å². The first-order valence-corrected chi connectivity index (χ1v) is 11.8. The topological polar surface area (TPSA) is 58.6 Å². The molecule has 1 N–H and O–H groups in total. The molecule has 3 aromatic rings. The number of amides is 2. The van der Waals surface area contributed by atoms with Crippen LogP contribution < -0.4 is 10.1 Å². The van der Waals surface area contributed by atoms with Gasteiger partial charge >= 0.3 is 0 Å². The van der Waals surface area contributed by atoms with E-state index in [9.17, 15) is 14.0 Å². The van der Waals surface area contributed by atoms with E-state index in [-0.39, 0.29) is 36.5 Å². The number of benzene rings is 3. The van der Waals surface area contributed by atoms with Crippen molar-refractivity contribution in [1.29, 1.82) is 0 Å². The molecule has 6 heteroatoms. The van der Waals surface area contributed by atoms with Crippen molar-refractivity contribution in [3.8, 4) is 5.75 Å². The average molecular weight is 477 g/mol. The summed E-state index contributed by atoms with van der Waals surface area (Å²) in [5.41, 5.74) is 2.50. The largest absolute Gasteiger partial charge is 0.497 e. The zero-order valence-corrected chi connectivity index (χ0v) is 20.5. The fourth-order valence-electron chi connectivity index (χ4n) is 3.82. The quantitative estimate of drug-likeness (QED) is 0.433. The lowest BCUT2D eigenvalue weighted by Crippen LogP contribution is -2.51. The fourth-order valence-corrected chi connectivity index (χ4v) is 3.82. The summed E-state index contributed by atoms with van der Waals surface area (Å²) in [6.45, 7) is 4.81. The molecule has 0 radical (unpaired) electrons. The Morgan fingerprint density at radius 1 is 0.914 bits per heavy atom. The smallest absolute Gasteiger partial charge is 0.243 e. The number of nitrogens with one attached hydrogen (secondary N) is 1. The molecule has 0 saturated carbocycles. The Hall–Kier alpha value is -3.67. The van der Waals surface area contributed by atoms with E-state index in [1.165, 1.54) is 12.1 Å². The minimum Gasteiger partial charge on any atom is -0.497 e. The monoisotopic (exact) mass is 476 g/mol. The molecule has 0 spiro atoms. The molecule has 0 fully saturated rings. The lowest BCUT2D eigenvalue weighted by Gasteiger charge is -2.32. The standard InChI is InChI=1S/C29H33FN2O3/c1-21(2)19-31-29(34)27(17-22-8-5-4-6-9-22)32(20-24-10-7-11-26(16-24)35-3)28(33)18-23-12-14-25(30)15-13-23/h4-16,21,27H,17-20H2,1-3H3,(H,31,34)/t27-/m0/s1. The van der Waals surface area contributed by atoms with Gasteiger partial charge in [-0.1, -0.05) is 68.4 Å². The highest BCUT2D eigenvalue weighted by atomic mass is 19.1. The molecule has 0 aromatic heterocycles. The van der Waals surface area contributed by atoms with Crippen LogP contribution in [0.1, 0.15) is 30.5 Å². The zero-order chi connectivity index (χ0) is 25.2. The molecule has 184 valence electrons. The fraction of sp³-hybridized carbons (Fsp3) is 0.310. The molecule has 0 aliphatic heterocycles. The molecule has 1 atom stereocenters. The van der Waals surface area contributed by atoms with Crippen LogP contribution in [0.25, 0.3) is 0 Å². The van der Waals surface area contributed by atoms with Crippen molar-refractivity contribution < 1.29 is 18.7 Å². The van der Waals surface area contributed by atoms with Gasteiger partial charge in [-0.2, -0.15) is 0 Å². The van der Waals surface area contributed by atoms with Crippen LogP contribution in [0, 0.1) is 11.7 Å². The summed E-state index contributed by atoms with van der Waals surface area (Å²) in [5, 5.41) is 3.01.